The van der Waals surface area contributed by atoms with Crippen molar-refractivity contribution in [1.29, 1.82) is 0 Å². The van der Waals surface area contributed by atoms with Gasteiger partial charge in [-0.3, -0.25) is 4.40 Å². The van der Waals surface area contributed by atoms with Crippen molar-refractivity contribution < 1.29 is 0 Å². The molecule has 1 fully saturated rings. The van der Waals surface area contributed by atoms with Crippen LogP contribution < -0.4 is 15.5 Å². The van der Waals surface area contributed by atoms with Gasteiger partial charge in [0.2, 0.25) is 0 Å². The van der Waals surface area contributed by atoms with E-state index in [2.05, 4.69) is 66.6 Å². The number of aryl methyl sites for hydroxylation is 2. The number of hydrogen-bond donors (Lipinski definition) is 0. The molecule has 0 saturated carbocycles. The number of aromatic nitrogens is 4. The van der Waals surface area contributed by atoms with Gasteiger partial charge < -0.3 is 9.80 Å². The predicted octanol–water partition coefficient (Wildman–Crippen LogP) is 5.76. The maximum atomic E-state index is 13.5. The maximum absolute atomic E-state index is 13.5. The highest BCUT2D eigenvalue weighted by molar-refractivity contribution is 5.80. The monoisotopic (exact) mass is 484 g/mol. The lowest BCUT2D eigenvalue weighted by Crippen LogP contribution is -2.36. The normalized spacial score (nSPS) is 12.7. The van der Waals surface area contributed by atoms with Crippen LogP contribution in [0.25, 0.3) is 22.5 Å². The Morgan fingerprint density at radius 2 is 1.83 bits per heavy atom. The average Bonchev–Trinajstić information content (AvgIpc) is 3.09. The second-order valence-electron chi connectivity index (χ2n) is 9.41. The summed E-state index contributed by atoms with van der Waals surface area (Å²) in [6, 6.07) is 12.3. The van der Waals surface area contributed by atoms with E-state index in [-0.39, 0.29) is 5.69 Å². The Kier molecular flexibility index (Phi) is 7.29. The van der Waals surface area contributed by atoms with Crippen molar-refractivity contribution >= 4 is 16.9 Å². The van der Waals surface area contributed by atoms with E-state index in [1.54, 1.807) is 22.9 Å². The van der Waals surface area contributed by atoms with Gasteiger partial charge in [0.25, 0.3) is 0 Å². The third-order valence-electron chi connectivity index (χ3n) is 6.63. The Morgan fingerprint density at radius 1 is 1.11 bits per heavy atom. The molecule has 5 rings (SSSR count). The molecule has 1 aliphatic rings. The summed E-state index contributed by atoms with van der Waals surface area (Å²) >= 11 is 0. The number of hydrogen-bond acceptors (Lipinski definition) is 5. The van der Waals surface area contributed by atoms with E-state index < -0.39 is 0 Å². The first-order valence-electron chi connectivity index (χ1n) is 12.6. The summed E-state index contributed by atoms with van der Waals surface area (Å²) in [5.74, 6) is 0.479. The predicted molar refractivity (Wildman–Crippen MR) is 150 cm³/mol. The minimum absolute atomic E-state index is 0.230. The van der Waals surface area contributed by atoms with E-state index in [1.807, 2.05) is 31.9 Å². The average molecular weight is 485 g/mol. The van der Waals surface area contributed by atoms with Crippen LogP contribution >= 0.6 is 0 Å². The van der Waals surface area contributed by atoms with Gasteiger partial charge in [0, 0.05) is 42.8 Å². The van der Waals surface area contributed by atoms with Crippen molar-refractivity contribution in [3.05, 3.63) is 82.8 Å². The van der Waals surface area contributed by atoms with E-state index in [9.17, 15) is 4.79 Å². The standard InChI is InChI=1S/C26H28N6O.C3H8/c1-17(2)29(5)22-10-11-24(27-15-22)32-26(33)31-19(4)25(18(3)23(31)16-28-32)20-8-6-9-21(14-20)30-12-7-13-30;1-3-2/h6,8-11,14-16H,1,7,12-13H2,2-5H3;3H2,1-2H3. The number of fused-ring (bicyclic) bond motifs is 1. The molecule has 4 heterocycles. The van der Waals surface area contributed by atoms with Crippen LogP contribution in [0.3, 0.4) is 0 Å². The SMILES string of the molecule is C=C(C)N(C)c1ccc(-n2ncc3c(C)c(-c4cccc(N5CCC5)c4)c(C)n3c2=O)nc1.CCC. The number of anilines is 2. The molecule has 0 bridgehead atoms. The van der Waals surface area contributed by atoms with Crippen molar-refractivity contribution in [3.63, 3.8) is 0 Å². The molecule has 1 aliphatic heterocycles. The summed E-state index contributed by atoms with van der Waals surface area (Å²) in [5, 5.41) is 4.44. The molecule has 0 N–H and O–H groups in total. The van der Waals surface area contributed by atoms with Crippen LogP contribution in [0.15, 0.2) is 65.9 Å². The highest BCUT2D eigenvalue weighted by Gasteiger charge is 2.20. The van der Waals surface area contributed by atoms with Gasteiger partial charge in [-0.15, -0.1) is 0 Å². The zero-order chi connectivity index (χ0) is 26.0. The molecule has 7 nitrogen and oxygen atoms in total. The number of benzene rings is 1. The van der Waals surface area contributed by atoms with E-state index in [4.69, 9.17) is 0 Å². The molecule has 7 heteroatoms. The topological polar surface area (TPSA) is 58.7 Å². The fourth-order valence-corrected chi connectivity index (χ4v) is 4.45. The summed E-state index contributed by atoms with van der Waals surface area (Å²) in [6.45, 7) is 16.4. The summed E-state index contributed by atoms with van der Waals surface area (Å²) < 4.78 is 3.09. The van der Waals surface area contributed by atoms with Crippen LogP contribution in [0.1, 0.15) is 44.9 Å². The Balaban J connectivity index is 0.000000967. The van der Waals surface area contributed by atoms with Crippen molar-refractivity contribution in [3.8, 4) is 16.9 Å². The Hall–Kier alpha value is -3.87. The third-order valence-corrected chi connectivity index (χ3v) is 6.63. The summed E-state index contributed by atoms with van der Waals surface area (Å²) in [4.78, 5) is 22.3. The maximum Gasteiger partial charge on any atom is 0.355 e. The van der Waals surface area contributed by atoms with Crippen molar-refractivity contribution in [2.24, 2.45) is 0 Å². The van der Waals surface area contributed by atoms with Crippen LogP contribution in [0, 0.1) is 13.8 Å². The quantitative estimate of drug-likeness (QED) is 0.360. The summed E-state index contributed by atoms with van der Waals surface area (Å²) in [6.07, 6.45) is 5.97. The first-order chi connectivity index (χ1) is 17.3. The van der Waals surface area contributed by atoms with Crippen LogP contribution in [-0.4, -0.2) is 39.3 Å². The highest BCUT2D eigenvalue weighted by Crippen LogP contribution is 2.34. The fraction of sp³-hybridized carbons (Fsp3) is 0.345. The molecule has 188 valence electrons. The first kappa shape index (κ1) is 25.2. The molecule has 0 radical (unpaired) electrons. The van der Waals surface area contributed by atoms with E-state index in [0.717, 1.165) is 52.4 Å². The summed E-state index contributed by atoms with van der Waals surface area (Å²) in [7, 11) is 1.93. The van der Waals surface area contributed by atoms with E-state index >= 15 is 0 Å². The smallest absolute Gasteiger partial charge is 0.355 e. The first-order valence-corrected chi connectivity index (χ1v) is 12.6. The Labute approximate surface area is 213 Å². The van der Waals surface area contributed by atoms with Crippen LogP contribution in [0.4, 0.5) is 11.4 Å². The highest BCUT2D eigenvalue weighted by atomic mass is 16.2. The van der Waals surface area contributed by atoms with Gasteiger partial charge in [0.05, 0.1) is 23.6 Å². The Morgan fingerprint density at radius 3 is 2.42 bits per heavy atom. The molecule has 1 saturated heterocycles. The number of rotatable bonds is 5. The van der Waals surface area contributed by atoms with Gasteiger partial charge in [-0.05, 0) is 62.6 Å². The van der Waals surface area contributed by atoms with Crippen molar-refractivity contribution in [1.82, 2.24) is 19.2 Å². The summed E-state index contributed by atoms with van der Waals surface area (Å²) in [5.41, 5.74) is 7.79. The lowest BCUT2D eigenvalue weighted by atomic mass is 10.0. The molecular weight excluding hydrogens is 448 g/mol. The molecule has 0 spiro atoms. The van der Waals surface area contributed by atoms with Crippen LogP contribution in [-0.2, 0) is 0 Å². The lowest BCUT2D eigenvalue weighted by Gasteiger charge is -2.33. The second kappa shape index (κ2) is 10.4. The van der Waals surface area contributed by atoms with Gasteiger partial charge >= 0.3 is 5.69 Å². The molecule has 0 aliphatic carbocycles. The van der Waals surface area contributed by atoms with Gasteiger partial charge in [-0.25, -0.2) is 9.78 Å². The Bertz CT molecular complexity index is 1440. The van der Waals surface area contributed by atoms with Crippen LogP contribution in [0.5, 0.6) is 0 Å². The van der Waals surface area contributed by atoms with Crippen molar-refractivity contribution in [2.75, 3.05) is 29.9 Å². The van der Waals surface area contributed by atoms with Crippen LogP contribution in [0.2, 0.25) is 0 Å². The van der Waals surface area contributed by atoms with Gasteiger partial charge in [-0.1, -0.05) is 39.0 Å². The lowest BCUT2D eigenvalue weighted by molar-refractivity contribution is 0.618. The third kappa shape index (κ3) is 4.53. The number of allylic oxidation sites excluding steroid dienone is 1. The molecule has 4 aromatic rings. The number of nitrogens with zero attached hydrogens (tertiary/aromatic N) is 6. The van der Waals surface area contributed by atoms with E-state index in [1.165, 1.54) is 23.2 Å². The minimum Gasteiger partial charge on any atom is -0.371 e. The molecular formula is C29H36N6O. The molecule has 1 aromatic carbocycles. The molecule has 3 aromatic heterocycles. The number of pyridine rings is 1. The second-order valence-corrected chi connectivity index (χ2v) is 9.41. The minimum atomic E-state index is -0.230. The molecule has 0 unspecified atom stereocenters. The van der Waals surface area contributed by atoms with Gasteiger partial charge in [0.15, 0.2) is 5.82 Å². The van der Waals surface area contributed by atoms with Gasteiger partial charge in [-0.2, -0.15) is 9.78 Å². The zero-order valence-electron chi connectivity index (χ0n) is 22.2. The molecule has 0 amide bonds. The molecule has 0 atom stereocenters. The largest absolute Gasteiger partial charge is 0.371 e. The zero-order valence-corrected chi connectivity index (χ0v) is 22.2. The van der Waals surface area contributed by atoms with Gasteiger partial charge in [0.1, 0.15) is 0 Å². The molecule has 36 heavy (non-hydrogen) atoms. The fourth-order valence-electron chi connectivity index (χ4n) is 4.45. The van der Waals surface area contributed by atoms with Crippen molar-refractivity contribution in [2.45, 2.75) is 47.5 Å². The van der Waals surface area contributed by atoms with E-state index in [0.29, 0.717) is 5.82 Å².